The quantitative estimate of drug-likeness (QED) is 0.760. The number of sulfone groups is 1. The van der Waals surface area contributed by atoms with Crippen molar-refractivity contribution < 1.29 is 13.2 Å². The van der Waals surface area contributed by atoms with E-state index in [0.29, 0.717) is 18.9 Å². The normalized spacial score (nSPS) is 25.9. The van der Waals surface area contributed by atoms with Crippen molar-refractivity contribution in [1.82, 2.24) is 10.2 Å². The molecule has 112 valence electrons. The van der Waals surface area contributed by atoms with E-state index in [0.717, 1.165) is 12.8 Å². The Balaban J connectivity index is 2.63. The van der Waals surface area contributed by atoms with Crippen molar-refractivity contribution in [1.29, 1.82) is 0 Å². The minimum absolute atomic E-state index is 0.0473. The maximum atomic E-state index is 12.3. The van der Waals surface area contributed by atoms with E-state index in [1.165, 1.54) is 6.26 Å². The van der Waals surface area contributed by atoms with Gasteiger partial charge in [-0.15, -0.1) is 0 Å². The Labute approximate surface area is 116 Å². The zero-order chi connectivity index (χ0) is 14.6. The third kappa shape index (κ3) is 4.45. The van der Waals surface area contributed by atoms with Crippen molar-refractivity contribution in [3.05, 3.63) is 0 Å². The smallest absolute Gasteiger partial charge is 0.241 e. The van der Waals surface area contributed by atoms with Crippen molar-refractivity contribution in [3.63, 3.8) is 0 Å². The Kier molecular flexibility index (Phi) is 5.80. The molecule has 0 bridgehead atoms. The minimum atomic E-state index is -2.95. The fourth-order valence-corrected chi connectivity index (χ4v) is 3.10. The third-order valence-corrected chi connectivity index (χ3v) is 4.84. The standard InChI is InChI=1S/C13H26N2O3S/c1-5-10(3)12-13(16)15(11(6-2)14-12)8-7-9-19(4,17)18/h10-12,14H,5-9H2,1-4H3. The van der Waals surface area contributed by atoms with Gasteiger partial charge in [-0.05, 0) is 18.8 Å². The summed E-state index contributed by atoms with van der Waals surface area (Å²) in [5.41, 5.74) is 0. The topological polar surface area (TPSA) is 66.5 Å². The summed E-state index contributed by atoms with van der Waals surface area (Å²) in [5, 5.41) is 3.37. The number of nitrogens with zero attached hydrogens (tertiary/aromatic N) is 1. The van der Waals surface area contributed by atoms with Gasteiger partial charge in [-0.1, -0.05) is 27.2 Å². The largest absolute Gasteiger partial charge is 0.326 e. The van der Waals surface area contributed by atoms with Crippen LogP contribution in [0.5, 0.6) is 0 Å². The minimum Gasteiger partial charge on any atom is -0.326 e. The molecule has 1 fully saturated rings. The first kappa shape index (κ1) is 16.4. The molecule has 1 N–H and O–H groups in total. The summed E-state index contributed by atoms with van der Waals surface area (Å²) in [6.45, 7) is 6.70. The van der Waals surface area contributed by atoms with Gasteiger partial charge in [-0.25, -0.2) is 8.42 Å². The van der Waals surface area contributed by atoms with Crippen LogP contribution >= 0.6 is 0 Å². The van der Waals surface area contributed by atoms with Gasteiger partial charge in [0.2, 0.25) is 5.91 Å². The molecule has 0 radical (unpaired) electrons. The number of carbonyl (C=O) groups excluding carboxylic acids is 1. The summed E-state index contributed by atoms with van der Waals surface area (Å²) in [7, 11) is -2.95. The van der Waals surface area contributed by atoms with Crippen LogP contribution in [-0.4, -0.2) is 50.0 Å². The van der Waals surface area contributed by atoms with Crippen LogP contribution in [0.1, 0.15) is 40.0 Å². The maximum Gasteiger partial charge on any atom is 0.241 e. The van der Waals surface area contributed by atoms with Gasteiger partial charge in [0.15, 0.2) is 0 Å². The van der Waals surface area contributed by atoms with Crippen molar-refractivity contribution >= 4 is 15.7 Å². The highest BCUT2D eigenvalue weighted by Gasteiger charge is 2.39. The van der Waals surface area contributed by atoms with E-state index in [1.54, 1.807) is 0 Å². The average Bonchev–Trinajstić information content (AvgIpc) is 2.64. The zero-order valence-corrected chi connectivity index (χ0v) is 13.2. The number of nitrogens with one attached hydrogen (secondary N) is 1. The van der Waals surface area contributed by atoms with Crippen LogP contribution in [0.2, 0.25) is 0 Å². The molecule has 1 aliphatic heterocycles. The molecule has 1 heterocycles. The molecule has 0 saturated carbocycles. The summed E-state index contributed by atoms with van der Waals surface area (Å²) in [6, 6.07) is -0.117. The Morgan fingerprint density at radius 1 is 1.37 bits per heavy atom. The fourth-order valence-electron chi connectivity index (χ4n) is 2.45. The highest BCUT2D eigenvalue weighted by molar-refractivity contribution is 7.90. The molecular formula is C13H26N2O3S. The predicted molar refractivity (Wildman–Crippen MR) is 76.5 cm³/mol. The molecule has 3 unspecified atom stereocenters. The summed E-state index contributed by atoms with van der Waals surface area (Å²) < 4.78 is 22.3. The lowest BCUT2D eigenvalue weighted by Crippen LogP contribution is -2.38. The van der Waals surface area contributed by atoms with E-state index in [9.17, 15) is 13.2 Å². The number of carbonyl (C=O) groups is 1. The van der Waals surface area contributed by atoms with Crippen LogP contribution in [0, 0.1) is 5.92 Å². The first-order valence-electron chi connectivity index (χ1n) is 7.04. The molecule has 0 aliphatic carbocycles. The van der Waals surface area contributed by atoms with Crippen LogP contribution in [0.15, 0.2) is 0 Å². The summed E-state index contributed by atoms with van der Waals surface area (Å²) >= 11 is 0. The molecule has 0 aromatic heterocycles. The van der Waals surface area contributed by atoms with Gasteiger partial charge >= 0.3 is 0 Å². The second-order valence-corrected chi connectivity index (χ2v) is 7.73. The number of hydrogen-bond donors (Lipinski definition) is 1. The fraction of sp³-hybridized carbons (Fsp3) is 0.923. The molecule has 0 spiro atoms. The molecular weight excluding hydrogens is 264 g/mol. The lowest BCUT2D eigenvalue weighted by atomic mass is 9.99. The average molecular weight is 290 g/mol. The van der Waals surface area contributed by atoms with E-state index in [2.05, 4.69) is 19.2 Å². The van der Waals surface area contributed by atoms with Crippen molar-refractivity contribution in [2.45, 2.75) is 52.2 Å². The van der Waals surface area contributed by atoms with Crippen LogP contribution in [0.25, 0.3) is 0 Å². The van der Waals surface area contributed by atoms with Gasteiger partial charge in [0.25, 0.3) is 0 Å². The Morgan fingerprint density at radius 3 is 2.47 bits per heavy atom. The van der Waals surface area contributed by atoms with Gasteiger partial charge < -0.3 is 4.90 Å². The highest BCUT2D eigenvalue weighted by atomic mass is 32.2. The van der Waals surface area contributed by atoms with Crippen molar-refractivity contribution in [2.24, 2.45) is 5.92 Å². The molecule has 1 aliphatic rings. The van der Waals surface area contributed by atoms with E-state index >= 15 is 0 Å². The maximum absolute atomic E-state index is 12.3. The summed E-state index contributed by atoms with van der Waals surface area (Å²) in [5.74, 6) is 0.567. The van der Waals surface area contributed by atoms with E-state index in [-0.39, 0.29) is 23.9 Å². The highest BCUT2D eigenvalue weighted by Crippen LogP contribution is 2.21. The van der Waals surface area contributed by atoms with Crippen LogP contribution < -0.4 is 5.32 Å². The first-order valence-corrected chi connectivity index (χ1v) is 9.10. The van der Waals surface area contributed by atoms with Gasteiger partial charge in [0.05, 0.1) is 18.0 Å². The van der Waals surface area contributed by atoms with Crippen LogP contribution in [-0.2, 0) is 14.6 Å². The van der Waals surface area contributed by atoms with Gasteiger partial charge in [-0.2, -0.15) is 0 Å². The van der Waals surface area contributed by atoms with Crippen LogP contribution in [0.3, 0.4) is 0 Å². The van der Waals surface area contributed by atoms with E-state index in [1.807, 2.05) is 11.8 Å². The molecule has 1 amide bonds. The van der Waals surface area contributed by atoms with Crippen molar-refractivity contribution in [2.75, 3.05) is 18.6 Å². The van der Waals surface area contributed by atoms with Crippen LogP contribution in [0.4, 0.5) is 0 Å². The second kappa shape index (κ2) is 6.70. The van der Waals surface area contributed by atoms with E-state index < -0.39 is 9.84 Å². The number of hydrogen-bond acceptors (Lipinski definition) is 4. The summed E-state index contributed by atoms with van der Waals surface area (Å²) in [6.07, 6.45) is 3.59. The van der Waals surface area contributed by atoms with E-state index in [4.69, 9.17) is 0 Å². The SMILES string of the molecule is CCC(C)C1NC(CC)N(CCCS(C)(=O)=O)C1=O. The Bertz CT molecular complexity index is 408. The molecule has 19 heavy (non-hydrogen) atoms. The molecule has 1 rings (SSSR count). The van der Waals surface area contributed by atoms with Gasteiger partial charge in [0, 0.05) is 12.8 Å². The molecule has 5 nitrogen and oxygen atoms in total. The summed E-state index contributed by atoms with van der Waals surface area (Å²) in [4.78, 5) is 14.2. The molecule has 3 atom stereocenters. The zero-order valence-electron chi connectivity index (χ0n) is 12.3. The molecule has 1 saturated heterocycles. The lowest BCUT2D eigenvalue weighted by molar-refractivity contribution is -0.130. The number of rotatable bonds is 7. The second-order valence-electron chi connectivity index (χ2n) is 5.47. The monoisotopic (exact) mass is 290 g/mol. The Hall–Kier alpha value is -0.620. The molecule has 0 aromatic rings. The van der Waals surface area contributed by atoms with Crippen molar-refractivity contribution in [3.8, 4) is 0 Å². The first-order chi connectivity index (χ1) is 8.80. The predicted octanol–water partition coefficient (Wildman–Crippen LogP) is 1.00. The lowest BCUT2D eigenvalue weighted by Gasteiger charge is -2.22. The number of amides is 1. The molecule has 6 heteroatoms. The third-order valence-electron chi connectivity index (χ3n) is 3.81. The van der Waals surface area contributed by atoms with Gasteiger partial charge in [-0.3, -0.25) is 10.1 Å². The Morgan fingerprint density at radius 2 is 2.00 bits per heavy atom. The van der Waals surface area contributed by atoms with Gasteiger partial charge in [0.1, 0.15) is 9.84 Å². The molecule has 0 aromatic carbocycles.